The fraction of sp³-hybridized carbons (Fsp3) is 0.481. The number of methoxy groups -OCH3 is 1. The first kappa shape index (κ1) is 25.1. The summed E-state index contributed by atoms with van der Waals surface area (Å²) in [5.41, 5.74) is 2.95. The van der Waals surface area contributed by atoms with Gasteiger partial charge in [0.05, 0.1) is 25.3 Å². The van der Waals surface area contributed by atoms with E-state index in [0.717, 1.165) is 18.4 Å². The van der Waals surface area contributed by atoms with E-state index in [4.69, 9.17) is 9.84 Å². The number of nitrogens with zero attached hydrogens (tertiary/aromatic N) is 3. The molecular weight excluding hydrogens is 479 g/mol. The number of carboxylic acid groups (broad SMARTS) is 1. The van der Waals surface area contributed by atoms with Crippen LogP contribution in [0.3, 0.4) is 0 Å². The van der Waals surface area contributed by atoms with Crippen molar-refractivity contribution in [2.75, 3.05) is 38.6 Å². The minimum absolute atomic E-state index is 0.124. The van der Waals surface area contributed by atoms with Crippen LogP contribution in [0, 0.1) is 11.7 Å². The monoisotopic (exact) mass is 510 g/mol. The van der Waals surface area contributed by atoms with Crippen LogP contribution < -0.4 is 10.1 Å². The van der Waals surface area contributed by atoms with E-state index >= 15 is 4.39 Å². The number of benzene rings is 1. The van der Waals surface area contributed by atoms with E-state index in [1.807, 2.05) is 19.9 Å². The third-order valence-corrected chi connectivity index (χ3v) is 7.72. The number of halogens is 1. The number of carbonyl (C=O) groups is 3. The maximum Gasteiger partial charge on any atom is 0.317 e. The number of nitrogens with one attached hydrogen (secondary N) is 1. The molecule has 3 heterocycles. The fourth-order valence-corrected chi connectivity index (χ4v) is 5.85. The van der Waals surface area contributed by atoms with Crippen molar-refractivity contribution < 1.29 is 28.6 Å². The maximum atomic E-state index is 15.1. The van der Waals surface area contributed by atoms with Gasteiger partial charge >= 0.3 is 5.97 Å². The van der Waals surface area contributed by atoms with E-state index < -0.39 is 17.9 Å². The number of hydrogen-bond donors (Lipinski definition) is 2. The smallest absolute Gasteiger partial charge is 0.317 e. The van der Waals surface area contributed by atoms with Crippen molar-refractivity contribution in [3.05, 3.63) is 52.5 Å². The van der Waals surface area contributed by atoms with E-state index in [0.29, 0.717) is 47.9 Å². The first-order chi connectivity index (χ1) is 17.6. The highest BCUT2D eigenvalue weighted by atomic mass is 19.1. The fourth-order valence-electron chi connectivity index (χ4n) is 5.85. The normalized spacial score (nSPS) is 20.5. The molecule has 1 unspecified atom stereocenters. The number of anilines is 1. The lowest BCUT2D eigenvalue weighted by molar-refractivity contribution is -0.150. The van der Waals surface area contributed by atoms with Crippen molar-refractivity contribution in [1.29, 1.82) is 0 Å². The number of amides is 2. The van der Waals surface area contributed by atoms with Gasteiger partial charge in [0, 0.05) is 43.4 Å². The molecule has 2 amide bonds. The average molecular weight is 511 g/mol. The van der Waals surface area contributed by atoms with Gasteiger partial charge in [0.1, 0.15) is 11.9 Å². The molecular formula is C27H31FN4O5. The molecule has 0 bridgehead atoms. The molecule has 1 saturated heterocycles. The molecule has 5 rings (SSSR count). The Labute approximate surface area is 214 Å². The standard InChI is InChI=1S/C27H31FN4O5/c1-27(2)8-6-15-10-17(11-19(28)23(15)27)29-25(35)24-18-4-5-21(37-3)30-20(18)7-9-32(24)26(36)16-12-31(13-16)14-22(33)34/h4-5,10-11,16,24H,6-9,12-14H2,1-3H3,(H,29,35)(H,33,34). The number of likely N-dealkylation sites (tertiary alicyclic amines) is 1. The van der Waals surface area contributed by atoms with Gasteiger partial charge in [-0.3, -0.25) is 19.3 Å². The number of aryl methyl sites for hydroxylation is 1. The third-order valence-electron chi connectivity index (χ3n) is 7.72. The van der Waals surface area contributed by atoms with Crippen molar-refractivity contribution in [1.82, 2.24) is 14.8 Å². The molecule has 0 radical (unpaired) electrons. The number of fused-ring (bicyclic) bond motifs is 2. The Morgan fingerprint density at radius 3 is 2.68 bits per heavy atom. The van der Waals surface area contributed by atoms with Crippen LogP contribution in [-0.2, 0) is 32.6 Å². The molecule has 1 aromatic heterocycles. The number of pyridine rings is 1. The van der Waals surface area contributed by atoms with Crippen molar-refractivity contribution >= 4 is 23.5 Å². The highest BCUT2D eigenvalue weighted by molar-refractivity contribution is 5.99. The Morgan fingerprint density at radius 1 is 1.22 bits per heavy atom. The average Bonchev–Trinajstić information content (AvgIpc) is 3.13. The Kier molecular flexibility index (Phi) is 6.39. The first-order valence-corrected chi connectivity index (χ1v) is 12.5. The van der Waals surface area contributed by atoms with E-state index in [2.05, 4.69) is 10.3 Å². The molecule has 2 aliphatic heterocycles. The number of carbonyl (C=O) groups excluding carboxylic acids is 2. The summed E-state index contributed by atoms with van der Waals surface area (Å²) in [6.45, 7) is 4.85. The zero-order valence-corrected chi connectivity index (χ0v) is 21.2. The molecule has 196 valence electrons. The Balaban J connectivity index is 1.42. The summed E-state index contributed by atoms with van der Waals surface area (Å²) >= 11 is 0. The van der Waals surface area contributed by atoms with Gasteiger partial charge in [-0.25, -0.2) is 9.37 Å². The highest BCUT2D eigenvalue weighted by Crippen LogP contribution is 2.41. The number of ether oxygens (including phenoxy) is 1. The zero-order chi connectivity index (χ0) is 26.5. The van der Waals surface area contributed by atoms with Crippen molar-refractivity contribution in [2.24, 2.45) is 5.92 Å². The molecule has 9 nitrogen and oxygen atoms in total. The van der Waals surface area contributed by atoms with Gasteiger partial charge in [0.2, 0.25) is 11.8 Å². The maximum absolute atomic E-state index is 15.1. The van der Waals surface area contributed by atoms with E-state index in [9.17, 15) is 14.4 Å². The summed E-state index contributed by atoms with van der Waals surface area (Å²) in [5, 5.41) is 11.9. The van der Waals surface area contributed by atoms with Crippen LogP contribution in [0.15, 0.2) is 24.3 Å². The number of hydrogen-bond acceptors (Lipinski definition) is 6. The van der Waals surface area contributed by atoms with Crippen LogP contribution in [0.25, 0.3) is 0 Å². The van der Waals surface area contributed by atoms with Gasteiger partial charge < -0.3 is 20.1 Å². The molecule has 1 atom stereocenters. The topological polar surface area (TPSA) is 112 Å². The van der Waals surface area contributed by atoms with Crippen molar-refractivity contribution in [3.63, 3.8) is 0 Å². The molecule has 1 aromatic carbocycles. The van der Waals surface area contributed by atoms with Crippen molar-refractivity contribution in [3.8, 4) is 5.88 Å². The van der Waals surface area contributed by atoms with Crippen LogP contribution in [0.4, 0.5) is 10.1 Å². The quantitative estimate of drug-likeness (QED) is 0.614. The first-order valence-electron chi connectivity index (χ1n) is 12.5. The Morgan fingerprint density at radius 2 is 1.97 bits per heavy atom. The van der Waals surface area contributed by atoms with Crippen LogP contribution in [0.5, 0.6) is 5.88 Å². The molecule has 0 saturated carbocycles. The molecule has 37 heavy (non-hydrogen) atoms. The zero-order valence-electron chi connectivity index (χ0n) is 21.2. The van der Waals surface area contributed by atoms with Gasteiger partial charge in [0.25, 0.3) is 5.91 Å². The molecule has 1 aliphatic carbocycles. The summed E-state index contributed by atoms with van der Waals surface area (Å²) in [5.74, 6) is -1.90. The van der Waals surface area contributed by atoms with Crippen LogP contribution >= 0.6 is 0 Å². The highest BCUT2D eigenvalue weighted by Gasteiger charge is 2.43. The number of rotatable bonds is 6. The van der Waals surface area contributed by atoms with Gasteiger partial charge in [-0.2, -0.15) is 0 Å². The van der Waals surface area contributed by atoms with Gasteiger partial charge in [-0.05, 0) is 47.6 Å². The summed E-state index contributed by atoms with van der Waals surface area (Å²) in [6.07, 6.45) is 2.02. The predicted octanol–water partition coefficient (Wildman–Crippen LogP) is 2.53. The second kappa shape index (κ2) is 9.41. The molecule has 0 spiro atoms. The van der Waals surface area contributed by atoms with Gasteiger partial charge in [-0.1, -0.05) is 13.8 Å². The third kappa shape index (κ3) is 4.66. The lowest BCUT2D eigenvalue weighted by Gasteiger charge is -2.43. The SMILES string of the molecule is COc1ccc2c(n1)CCN(C(=O)C1CN(CC(=O)O)C1)C2C(=O)Nc1cc(F)c2c(c1)CCC2(C)C. The van der Waals surface area contributed by atoms with Gasteiger partial charge in [0.15, 0.2) is 0 Å². The van der Waals surface area contributed by atoms with Crippen LogP contribution in [-0.4, -0.2) is 71.0 Å². The number of aliphatic carboxylic acids is 1. The van der Waals surface area contributed by atoms with E-state index in [1.165, 1.54) is 13.2 Å². The summed E-state index contributed by atoms with van der Waals surface area (Å²) in [4.78, 5) is 45.9. The number of carboxylic acids is 1. The second-order valence-electron chi connectivity index (χ2n) is 10.7. The van der Waals surface area contributed by atoms with Crippen LogP contribution in [0.1, 0.15) is 48.7 Å². The lowest BCUT2D eigenvalue weighted by Crippen LogP contribution is -2.57. The molecule has 3 aliphatic rings. The molecule has 10 heteroatoms. The summed E-state index contributed by atoms with van der Waals surface area (Å²) < 4.78 is 20.3. The molecule has 1 fully saturated rings. The summed E-state index contributed by atoms with van der Waals surface area (Å²) in [7, 11) is 1.51. The predicted molar refractivity (Wildman–Crippen MR) is 133 cm³/mol. The minimum atomic E-state index is -0.948. The lowest BCUT2D eigenvalue weighted by atomic mass is 9.86. The van der Waals surface area contributed by atoms with Crippen molar-refractivity contribution in [2.45, 2.75) is 44.6 Å². The van der Waals surface area contributed by atoms with Gasteiger partial charge in [-0.15, -0.1) is 0 Å². The Bertz CT molecular complexity index is 1270. The minimum Gasteiger partial charge on any atom is -0.481 e. The number of aromatic nitrogens is 1. The summed E-state index contributed by atoms with van der Waals surface area (Å²) in [6, 6.07) is 5.62. The largest absolute Gasteiger partial charge is 0.481 e. The molecule has 2 aromatic rings. The van der Waals surface area contributed by atoms with Crippen LogP contribution in [0.2, 0.25) is 0 Å². The Hall–Kier alpha value is -3.53. The molecule has 2 N–H and O–H groups in total. The van der Waals surface area contributed by atoms with E-state index in [-0.39, 0.29) is 36.1 Å². The van der Waals surface area contributed by atoms with E-state index in [1.54, 1.807) is 21.9 Å². The second-order valence-corrected chi connectivity index (χ2v) is 10.7.